The van der Waals surface area contributed by atoms with Gasteiger partial charge in [0, 0.05) is 0 Å². The molecule has 0 saturated heterocycles. The van der Waals surface area contributed by atoms with E-state index in [1.165, 1.54) is 6.20 Å². The summed E-state index contributed by atoms with van der Waals surface area (Å²) in [6, 6.07) is 6.58. The predicted molar refractivity (Wildman–Crippen MR) is 71.9 cm³/mol. The number of quaternary nitrogens is 1. The van der Waals surface area contributed by atoms with E-state index in [1.54, 1.807) is 30.6 Å². The van der Waals surface area contributed by atoms with E-state index >= 15 is 0 Å². The van der Waals surface area contributed by atoms with Crippen molar-refractivity contribution in [2.24, 2.45) is 0 Å². The monoisotopic (exact) mass is 282 g/mol. The van der Waals surface area contributed by atoms with Crippen molar-refractivity contribution in [1.82, 2.24) is 0 Å². The number of likely N-dealkylation sites (N-methyl/N-ethyl adjacent to an activating group) is 1. The third-order valence-corrected chi connectivity index (χ3v) is 4.37. The zero-order chi connectivity index (χ0) is 14.1. The van der Waals surface area contributed by atoms with Crippen LogP contribution < -0.4 is 0 Å². The van der Waals surface area contributed by atoms with Crippen molar-refractivity contribution >= 4 is 16.5 Å². The van der Waals surface area contributed by atoms with Gasteiger partial charge in [-0.05, 0) is 25.6 Å². The molecule has 6 heteroatoms. The van der Waals surface area contributed by atoms with Crippen molar-refractivity contribution in [1.29, 1.82) is 0 Å². The molecule has 102 valence electrons. The van der Waals surface area contributed by atoms with E-state index in [0.29, 0.717) is 6.54 Å². The van der Waals surface area contributed by atoms with Gasteiger partial charge in [-0.25, -0.2) is 0 Å². The third kappa shape index (κ3) is 2.91. The lowest BCUT2D eigenvalue weighted by atomic mass is 10.2. The fourth-order valence-electron chi connectivity index (χ4n) is 1.92. The topological polar surface area (TPSA) is 46.4 Å². The van der Waals surface area contributed by atoms with Gasteiger partial charge in [-0.15, -0.1) is 0 Å². The molecular formula is C13H18N2O3S+2. The average Bonchev–Trinajstić information content (AvgIpc) is 2.71. The lowest BCUT2D eigenvalue weighted by Gasteiger charge is -2.17. The average molecular weight is 282 g/mol. The molecule has 0 spiro atoms. The Morgan fingerprint density at radius 2 is 2.00 bits per heavy atom. The Kier molecular flexibility index (Phi) is 3.58. The van der Waals surface area contributed by atoms with E-state index in [2.05, 4.69) is 6.58 Å². The van der Waals surface area contributed by atoms with Gasteiger partial charge in [-0.3, -0.25) is 0 Å². The van der Waals surface area contributed by atoms with E-state index in [-0.39, 0.29) is 9.54 Å². The maximum absolute atomic E-state index is 12.2. The summed E-state index contributed by atoms with van der Waals surface area (Å²) >= 11 is 0. The van der Waals surface area contributed by atoms with Crippen molar-refractivity contribution in [2.45, 2.75) is 11.8 Å². The summed E-state index contributed by atoms with van der Waals surface area (Å²) in [4.78, 5) is 0.153. The van der Waals surface area contributed by atoms with Crippen LogP contribution in [0.1, 0.15) is 5.56 Å². The molecule has 1 aliphatic heterocycles. The second kappa shape index (κ2) is 4.88. The minimum absolute atomic E-state index is 0.153. The number of hydrogen-bond donors (Lipinski definition) is 0. The van der Waals surface area contributed by atoms with Gasteiger partial charge in [0.25, 0.3) is 0 Å². The van der Waals surface area contributed by atoms with Crippen LogP contribution in [0.4, 0.5) is 0 Å². The fourth-order valence-corrected chi connectivity index (χ4v) is 3.01. The van der Waals surface area contributed by atoms with Crippen LogP contribution in [0.25, 0.3) is 0 Å². The van der Waals surface area contributed by atoms with Crippen LogP contribution in [0.3, 0.4) is 0 Å². The number of rotatable bonds is 4. The van der Waals surface area contributed by atoms with Gasteiger partial charge in [0.1, 0.15) is 13.2 Å². The van der Waals surface area contributed by atoms with Gasteiger partial charge in [0.2, 0.25) is 0 Å². The van der Waals surface area contributed by atoms with Crippen LogP contribution in [-0.4, -0.2) is 44.1 Å². The highest BCUT2D eigenvalue weighted by molar-refractivity contribution is 7.86. The SMILES string of the molecule is C=C[N+]1(OS(=O)(=O)c2ccc(C)cc2)C=[N+](C)CC1. The number of hydroxylamine groups is 3. The number of aryl methyl sites for hydroxylation is 1. The van der Waals surface area contributed by atoms with Gasteiger partial charge >= 0.3 is 16.5 Å². The number of nitrogens with zero attached hydrogens (tertiary/aromatic N) is 2. The zero-order valence-corrected chi connectivity index (χ0v) is 11.9. The highest BCUT2D eigenvalue weighted by Gasteiger charge is 2.42. The maximum atomic E-state index is 12.2. The van der Waals surface area contributed by atoms with E-state index in [9.17, 15) is 8.42 Å². The summed E-state index contributed by atoms with van der Waals surface area (Å²) in [6.45, 7) is 6.80. The Morgan fingerprint density at radius 1 is 1.37 bits per heavy atom. The maximum Gasteiger partial charge on any atom is 0.365 e. The molecule has 0 amide bonds. The second-order valence-electron chi connectivity index (χ2n) is 4.70. The first-order valence-electron chi connectivity index (χ1n) is 5.97. The van der Waals surface area contributed by atoms with Crippen molar-refractivity contribution < 1.29 is 21.9 Å². The van der Waals surface area contributed by atoms with E-state index < -0.39 is 10.1 Å². The van der Waals surface area contributed by atoms with Crippen LogP contribution in [0, 0.1) is 6.92 Å². The van der Waals surface area contributed by atoms with Crippen LogP contribution in [0.5, 0.6) is 0 Å². The summed E-state index contributed by atoms with van der Waals surface area (Å²) in [7, 11) is -1.94. The molecule has 0 radical (unpaired) electrons. The molecule has 5 nitrogen and oxygen atoms in total. The Morgan fingerprint density at radius 3 is 2.47 bits per heavy atom. The third-order valence-electron chi connectivity index (χ3n) is 3.05. The molecule has 0 saturated carbocycles. The standard InChI is InChI=1S/C13H18N2O3S/c1-4-15(10-9-14(3)11-15)18-19(16,17)13-7-5-12(2)6-8-13/h4-8,11H,1,9-10H2,2-3H3/q+2. The molecule has 2 rings (SSSR count). The Labute approximate surface area is 113 Å². The Hall–Kier alpha value is -1.50. The van der Waals surface area contributed by atoms with E-state index in [1.807, 2.05) is 18.5 Å². The molecule has 0 fully saturated rings. The van der Waals surface area contributed by atoms with Gasteiger partial charge in [0.05, 0.1) is 4.90 Å². The molecule has 0 aliphatic carbocycles. The van der Waals surface area contributed by atoms with Crippen LogP contribution in [0.15, 0.2) is 41.9 Å². The summed E-state index contributed by atoms with van der Waals surface area (Å²) < 4.78 is 31.5. The summed E-state index contributed by atoms with van der Waals surface area (Å²) in [5, 5.41) is 0. The molecule has 19 heavy (non-hydrogen) atoms. The van der Waals surface area contributed by atoms with Crippen LogP contribution >= 0.6 is 0 Å². The predicted octanol–water partition coefficient (Wildman–Crippen LogP) is 1.26. The highest BCUT2D eigenvalue weighted by atomic mass is 32.2. The minimum Gasteiger partial charge on any atom is -0.189 e. The Balaban J connectivity index is 2.31. The molecular weight excluding hydrogens is 264 g/mol. The van der Waals surface area contributed by atoms with Gasteiger partial charge in [-0.1, -0.05) is 26.6 Å². The van der Waals surface area contributed by atoms with Crippen molar-refractivity contribution in [2.75, 3.05) is 20.1 Å². The highest BCUT2D eigenvalue weighted by Crippen LogP contribution is 2.20. The molecule has 0 N–H and O–H groups in total. The first-order valence-corrected chi connectivity index (χ1v) is 7.38. The van der Waals surface area contributed by atoms with Crippen molar-refractivity contribution in [3.05, 3.63) is 42.6 Å². The normalized spacial score (nSPS) is 23.2. The van der Waals surface area contributed by atoms with Gasteiger partial charge < -0.3 is 0 Å². The zero-order valence-electron chi connectivity index (χ0n) is 11.1. The minimum atomic E-state index is -3.81. The first-order chi connectivity index (χ1) is 8.87. The summed E-state index contributed by atoms with van der Waals surface area (Å²) in [5.74, 6) is 0. The molecule has 1 aromatic rings. The fraction of sp³-hybridized carbons (Fsp3) is 0.308. The number of hydrogen-bond acceptors (Lipinski definition) is 3. The Bertz CT molecular complexity index is 620. The molecule has 1 heterocycles. The smallest absolute Gasteiger partial charge is 0.189 e. The van der Waals surface area contributed by atoms with Gasteiger partial charge in [-0.2, -0.15) is 13.0 Å². The molecule has 1 aromatic carbocycles. The number of benzene rings is 1. The van der Waals surface area contributed by atoms with Gasteiger partial charge in [0.15, 0.2) is 13.1 Å². The second-order valence-corrected chi connectivity index (χ2v) is 6.23. The quantitative estimate of drug-likeness (QED) is 0.617. The van der Waals surface area contributed by atoms with E-state index in [0.717, 1.165) is 12.1 Å². The molecule has 1 aliphatic rings. The molecule has 0 aromatic heterocycles. The molecule has 0 bridgehead atoms. The lowest BCUT2D eigenvalue weighted by Crippen LogP contribution is -2.41. The molecule has 1 atom stereocenters. The summed E-state index contributed by atoms with van der Waals surface area (Å²) in [6.07, 6.45) is 3.17. The van der Waals surface area contributed by atoms with Crippen LogP contribution in [0.2, 0.25) is 0 Å². The molecule has 1 unspecified atom stereocenters. The largest absolute Gasteiger partial charge is 0.365 e. The van der Waals surface area contributed by atoms with E-state index in [4.69, 9.17) is 4.28 Å². The summed E-state index contributed by atoms with van der Waals surface area (Å²) in [5.41, 5.74) is 0.999. The van der Waals surface area contributed by atoms with Crippen LogP contribution in [-0.2, 0) is 14.4 Å². The first kappa shape index (κ1) is 13.9. The lowest BCUT2D eigenvalue weighted by molar-refractivity contribution is -0.954. The van der Waals surface area contributed by atoms with Crippen molar-refractivity contribution in [3.63, 3.8) is 0 Å². The van der Waals surface area contributed by atoms with Crippen molar-refractivity contribution in [3.8, 4) is 0 Å².